The Morgan fingerprint density at radius 3 is 2.81 bits per heavy atom. The van der Waals surface area contributed by atoms with Gasteiger partial charge in [0, 0.05) is 6.42 Å². The molecule has 1 atom stereocenters. The molecule has 6 nitrogen and oxygen atoms in total. The van der Waals surface area contributed by atoms with Gasteiger partial charge in [-0.15, -0.1) is 0 Å². The summed E-state index contributed by atoms with van der Waals surface area (Å²) in [6.45, 7) is 1.81. The van der Waals surface area contributed by atoms with E-state index in [-0.39, 0.29) is 11.9 Å². The Bertz CT molecular complexity index is 634. The normalized spacial score (nSPS) is 17.2. The van der Waals surface area contributed by atoms with Crippen molar-refractivity contribution in [3.63, 3.8) is 0 Å². The highest BCUT2D eigenvalue weighted by atomic mass is 16.5. The van der Waals surface area contributed by atoms with Crippen LogP contribution in [-0.4, -0.2) is 21.6 Å². The first-order valence-electron chi connectivity index (χ1n) is 7.03. The number of nitrogens with one attached hydrogen (secondary N) is 1. The number of benzene rings is 1. The second-order valence-corrected chi connectivity index (χ2v) is 5.56. The van der Waals surface area contributed by atoms with Gasteiger partial charge >= 0.3 is 0 Å². The molecule has 1 aliphatic carbocycles. The first-order valence-corrected chi connectivity index (χ1v) is 7.03. The van der Waals surface area contributed by atoms with Gasteiger partial charge in [0.2, 0.25) is 11.8 Å². The zero-order chi connectivity index (χ0) is 14.9. The van der Waals surface area contributed by atoms with Gasteiger partial charge < -0.3 is 15.6 Å². The zero-order valence-electron chi connectivity index (χ0n) is 11.9. The molecular weight excluding hydrogens is 268 g/mol. The second-order valence-electron chi connectivity index (χ2n) is 5.56. The third-order valence-electron chi connectivity index (χ3n) is 3.65. The minimum absolute atomic E-state index is 0.155. The summed E-state index contributed by atoms with van der Waals surface area (Å²) in [7, 11) is 0. The van der Waals surface area contributed by atoms with E-state index in [0.29, 0.717) is 18.1 Å². The predicted octanol–water partition coefficient (Wildman–Crippen LogP) is 1.33. The molecular formula is C15H18N4O2. The largest absolute Gasteiger partial charge is 0.343 e. The summed E-state index contributed by atoms with van der Waals surface area (Å²) >= 11 is 0. The summed E-state index contributed by atoms with van der Waals surface area (Å²) in [4.78, 5) is 16.2. The van der Waals surface area contributed by atoms with E-state index in [2.05, 4.69) is 15.5 Å². The lowest BCUT2D eigenvalue weighted by Gasteiger charge is -2.13. The number of aromatic nitrogens is 2. The number of carbonyl (C=O) groups excluding carboxylic acids is 1. The van der Waals surface area contributed by atoms with Crippen molar-refractivity contribution in [3.8, 4) is 0 Å². The Morgan fingerprint density at radius 1 is 1.43 bits per heavy atom. The van der Waals surface area contributed by atoms with Crippen LogP contribution in [0.15, 0.2) is 34.9 Å². The van der Waals surface area contributed by atoms with Gasteiger partial charge in [0.15, 0.2) is 5.82 Å². The molecule has 0 aliphatic heterocycles. The van der Waals surface area contributed by atoms with E-state index >= 15 is 0 Å². The fourth-order valence-electron chi connectivity index (χ4n) is 2.06. The van der Waals surface area contributed by atoms with Crippen molar-refractivity contribution >= 4 is 5.91 Å². The lowest BCUT2D eigenvalue weighted by atomic mass is 10.1. The molecule has 0 radical (unpaired) electrons. The summed E-state index contributed by atoms with van der Waals surface area (Å²) in [5.74, 6) is 0.850. The molecule has 3 N–H and O–H groups in total. The molecule has 1 heterocycles. The predicted molar refractivity (Wildman–Crippen MR) is 76.3 cm³/mol. The minimum Gasteiger partial charge on any atom is -0.343 e. The number of carbonyl (C=O) groups is 1. The van der Waals surface area contributed by atoms with Gasteiger partial charge in [0.1, 0.15) is 6.04 Å². The van der Waals surface area contributed by atoms with Crippen molar-refractivity contribution in [2.24, 2.45) is 5.73 Å². The van der Waals surface area contributed by atoms with E-state index in [4.69, 9.17) is 10.3 Å². The smallest absolute Gasteiger partial charge is 0.248 e. The van der Waals surface area contributed by atoms with Gasteiger partial charge in [-0.05, 0) is 25.3 Å². The van der Waals surface area contributed by atoms with Crippen LogP contribution in [0.1, 0.15) is 43.1 Å². The molecule has 110 valence electrons. The Labute approximate surface area is 122 Å². The number of hydrogen-bond acceptors (Lipinski definition) is 5. The molecule has 3 rings (SSSR count). The molecule has 1 aromatic carbocycles. The van der Waals surface area contributed by atoms with Gasteiger partial charge in [-0.25, -0.2) is 0 Å². The van der Waals surface area contributed by atoms with E-state index in [0.717, 1.165) is 18.4 Å². The monoisotopic (exact) mass is 286 g/mol. The Hall–Kier alpha value is -2.21. The molecule has 1 aromatic heterocycles. The molecule has 2 aromatic rings. The fraction of sp³-hybridized carbons (Fsp3) is 0.400. The highest BCUT2D eigenvalue weighted by Gasteiger charge is 2.46. The Balaban J connectivity index is 1.63. The maximum atomic E-state index is 11.9. The number of amides is 1. The van der Waals surface area contributed by atoms with Crippen LogP contribution in [-0.2, 0) is 11.2 Å². The van der Waals surface area contributed by atoms with Crippen LogP contribution in [0.4, 0.5) is 0 Å². The van der Waals surface area contributed by atoms with Crippen LogP contribution in [0.3, 0.4) is 0 Å². The highest BCUT2D eigenvalue weighted by Crippen LogP contribution is 2.32. The van der Waals surface area contributed by atoms with Crippen molar-refractivity contribution in [2.75, 3.05) is 0 Å². The van der Waals surface area contributed by atoms with Gasteiger partial charge in [-0.3, -0.25) is 4.79 Å². The molecule has 0 saturated heterocycles. The number of nitrogens with zero attached hydrogens (tertiary/aromatic N) is 2. The third kappa shape index (κ3) is 3.11. The first-order chi connectivity index (χ1) is 10.1. The van der Waals surface area contributed by atoms with Crippen molar-refractivity contribution in [3.05, 3.63) is 47.6 Å². The van der Waals surface area contributed by atoms with Crippen LogP contribution >= 0.6 is 0 Å². The van der Waals surface area contributed by atoms with Crippen LogP contribution in [0.5, 0.6) is 0 Å². The van der Waals surface area contributed by atoms with E-state index < -0.39 is 5.54 Å². The summed E-state index contributed by atoms with van der Waals surface area (Å²) in [6, 6.07) is 9.57. The molecule has 1 saturated carbocycles. The minimum atomic E-state index is -0.693. The molecule has 21 heavy (non-hydrogen) atoms. The fourth-order valence-corrected chi connectivity index (χ4v) is 2.06. The van der Waals surface area contributed by atoms with E-state index in [9.17, 15) is 4.79 Å². The molecule has 6 heteroatoms. The molecule has 0 spiro atoms. The summed E-state index contributed by atoms with van der Waals surface area (Å²) in [5.41, 5.74) is 6.26. The van der Waals surface area contributed by atoms with Crippen LogP contribution in [0.25, 0.3) is 0 Å². The second kappa shape index (κ2) is 5.29. The Kier molecular flexibility index (Phi) is 3.47. The lowest BCUT2D eigenvalue weighted by molar-refractivity contribution is -0.124. The topological polar surface area (TPSA) is 94.0 Å². The number of rotatable bonds is 5. The highest BCUT2D eigenvalue weighted by molar-refractivity contribution is 5.89. The maximum Gasteiger partial charge on any atom is 0.248 e. The standard InChI is InChI=1S/C15H18N4O2/c1-10(17-14(20)15(16)7-8-15)13-18-12(19-21-13)9-11-5-3-2-4-6-11/h2-6,10H,7-9,16H2,1H3,(H,17,20). The molecule has 1 amide bonds. The molecule has 1 aliphatic rings. The third-order valence-corrected chi connectivity index (χ3v) is 3.65. The summed E-state index contributed by atoms with van der Waals surface area (Å²) in [5, 5.41) is 6.76. The SMILES string of the molecule is CC(NC(=O)C1(N)CC1)c1nc(Cc2ccccc2)no1. The molecule has 1 fully saturated rings. The van der Waals surface area contributed by atoms with Crippen molar-refractivity contribution in [1.82, 2.24) is 15.5 Å². The van der Waals surface area contributed by atoms with Crippen LogP contribution < -0.4 is 11.1 Å². The summed E-state index contributed by atoms with van der Waals surface area (Å²) in [6.07, 6.45) is 2.06. The lowest BCUT2D eigenvalue weighted by Crippen LogP contribution is -2.43. The van der Waals surface area contributed by atoms with E-state index in [1.165, 1.54) is 0 Å². The van der Waals surface area contributed by atoms with Crippen molar-refractivity contribution < 1.29 is 9.32 Å². The van der Waals surface area contributed by atoms with Gasteiger partial charge in [-0.2, -0.15) is 4.98 Å². The first kappa shape index (κ1) is 13.8. The zero-order valence-corrected chi connectivity index (χ0v) is 11.9. The maximum absolute atomic E-state index is 11.9. The quantitative estimate of drug-likeness (QED) is 0.864. The van der Waals surface area contributed by atoms with E-state index in [1.54, 1.807) is 0 Å². The van der Waals surface area contributed by atoms with Gasteiger partial charge in [0.05, 0.1) is 5.54 Å². The average Bonchev–Trinajstić information content (AvgIpc) is 3.06. The van der Waals surface area contributed by atoms with Crippen LogP contribution in [0, 0.1) is 0 Å². The van der Waals surface area contributed by atoms with Crippen LogP contribution in [0.2, 0.25) is 0 Å². The van der Waals surface area contributed by atoms with Gasteiger partial charge in [-0.1, -0.05) is 35.5 Å². The molecule has 0 bridgehead atoms. The average molecular weight is 286 g/mol. The molecule has 1 unspecified atom stereocenters. The Morgan fingerprint density at radius 2 is 2.14 bits per heavy atom. The van der Waals surface area contributed by atoms with Crippen molar-refractivity contribution in [2.45, 2.75) is 37.8 Å². The summed E-state index contributed by atoms with van der Waals surface area (Å²) < 4.78 is 5.22. The van der Waals surface area contributed by atoms with Crippen molar-refractivity contribution in [1.29, 1.82) is 0 Å². The van der Waals surface area contributed by atoms with Gasteiger partial charge in [0.25, 0.3) is 0 Å². The number of hydrogen-bond donors (Lipinski definition) is 2. The van der Waals surface area contributed by atoms with E-state index in [1.807, 2.05) is 37.3 Å². The number of nitrogens with two attached hydrogens (primary N) is 1.